The number of hydrogen-bond donors (Lipinski definition) is 0. The van der Waals surface area contributed by atoms with Gasteiger partial charge in [0.1, 0.15) is 0 Å². The van der Waals surface area contributed by atoms with Crippen LogP contribution < -0.4 is 0 Å². The molecule has 0 spiro atoms. The van der Waals surface area contributed by atoms with E-state index in [-0.39, 0.29) is 0 Å². The summed E-state index contributed by atoms with van der Waals surface area (Å²) in [5, 5.41) is 0. The highest BCUT2D eigenvalue weighted by atomic mass is 14.3. The topological polar surface area (TPSA) is 0 Å². The molecule has 0 saturated heterocycles. The Hall–Kier alpha value is -0.520. The van der Waals surface area contributed by atoms with E-state index in [2.05, 4.69) is 25.2 Å². The van der Waals surface area contributed by atoms with E-state index in [9.17, 15) is 0 Å². The fourth-order valence-electron chi connectivity index (χ4n) is 3.44. The maximum atomic E-state index is 2.45. The van der Waals surface area contributed by atoms with Gasteiger partial charge in [0.25, 0.3) is 0 Å². The normalized spacial score (nSPS) is 29.1. The molecule has 0 nitrogen and oxygen atoms in total. The molecule has 96 valence electrons. The van der Waals surface area contributed by atoms with Crippen molar-refractivity contribution in [1.29, 1.82) is 0 Å². The molecule has 0 atom stereocenters. The fraction of sp³-hybridized carbons (Fsp3) is 0.765. The zero-order valence-corrected chi connectivity index (χ0v) is 11.5. The SMILES string of the molecule is CCCC1CCC(CCC2=CCCC=C2)CC1. The van der Waals surface area contributed by atoms with Gasteiger partial charge >= 0.3 is 0 Å². The fourth-order valence-corrected chi connectivity index (χ4v) is 3.44. The smallest absolute Gasteiger partial charge is 0.0280 e. The van der Waals surface area contributed by atoms with Gasteiger partial charge in [-0.15, -0.1) is 0 Å². The van der Waals surface area contributed by atoms with Crippen LogP contribution >= 0.6 is 0 Å². The van der Waals surface area contributed by atoms with Crippen LogP contribution in [0.25, 0.3) is 0 Å². The minimum atomic E-state index is 1.03. The lowest BCUT2D eigenvalue weighted by Crippen LogP contribution is -2.14. The second kappa shape index (κ2) is 7.03. The van der Waals surface area contributed by atoms with Gasteiger partial charge in [0, 0.05) is 0 Å². The predicted molar refractivity (Wildman–Crippen MR) is 76.0 cm³/mol. The van der Waals surface area contributed by atoms with E-state index in [0.717, 1.165) is 11.8 Å². The van der Waals surface area contributed by atoms with Crippen molar-refractivity contribution in [2.24, 2.45) is 11.8 Å². The van der Waals surface area contributed by atoms with E-state index in [1.807, 2.05) is 0 Å². The number of rotatable bonds is 5. The lowest BCUT2D eigenvalue weighted by atomic mass is 9.78. The number of allylic oxidation sites excluding steroid dienone is 4. The van der Waals surface area contributed by atoms with Gasteiger partial charge < -0.3 is 0 Å². The third-order valence-corrected chi connectivity index (χ3v) is 4.58. The second-order valence-corrected chi connectivity index (χ2v) is 5.97. The Morgan fingerprint density at radius 2 is 1.71 bits per heavy atom. The van der Waals surface area contributed by atoms with E-state index in [1.54, 1.807) is 5.57 Å². The van der Waals surface area contributed by atoms with Crippen molar-refractivity contribution in [2.75, 3.05) is 0 Å². The van der Waals surface area contributed by atoms with Gasteiger partial charge in [-0.3, -0.25) is 0 Å². The maximum absolute atomic E-state index is 2.45. The lowest BCUT2D eigenvalue weighted by Gasteiger charge is -2.28. The molecule has 1 saturated carbocycles. The summed E-state index contributed by atoms with van der Waals surface area (Å²) in [7, 11) is 0. The first kappa shape index (κ1) is 12.9. The Morgan fingerprint density at radius 3 is 2.29 bits per heavy atom. The summed E-state index contributed by atoms with van der Waals surface area (Å²) in [5.74, 6) is 2.09. The summed E-state index contributed by atoms with van der Waals surface area (Å²) in [6, 6.07) is 0. The van der Waals surface area contributed by atoms with Crippen LogP contribution in [-0.4, -0.2) is 0 Å². The summed E-state index contributed by atoms with van der Waals surface area (Å²) >= 11 is 0. The van der Waals surface area contributed by atoms with Crippen molar-refractivity contribution < 1.29 is 0 Å². The van der Waals surface area contributed by atoms with Crippen LogP contribution in [0, 0.1) is 11.8 Å². The molecule has 0 heterocycles. The largest absolute Gasteiger partial charge is 0.0840 e. The highest BCUT2D eigenvalue weighted by Crippen LogP contribution is 2.34. The predicted octanol–water partition coefficient (Wildman–Crippen LogP) is 5.65. The van der Waals surface area contributed by atoms with Crippen molar-refractivity contribution in [2.45, 2.75) is 71.1 Å². The van der Waals surface area contributed by atoms with Crippen LogP contribution in [0.2, 0.25) is 0 Å². The van der Waals surface area contributed by atoms with Gasteiger partial charge in [0.2, 0.25) is 0 Å². The summed E-state index contributed by atoms with van der Waals surface area (Å²) < 4.78 is 0. The standard InChI is InChI=1S/C17H28/c1-2-6-15-9-12-17(13-10-15)14-11-16-7-4-3-5-8-16/h4,7-8,15,17H,2-3,5-6,9-14H2,1H3. The van der Waals surface area contributed by atoms with Crippen LogP contribution in [-0.2, 0) is 0 Å². The Kier molecular flexibility index (Phi) is 5.35. The molecular formula is C17H28. The summed E-state index contributed by atoms with van der Waals surface area (Å²) in [4.78, 5) is 0. The average Bonchev–Trinajstić information content (AvgIpc) is 2.40. The molecule has 2 aliphatic carbocycles. The first-order valence-electron chi connectivity index (χ1n) is 7.74. The van der Waals surface area contributed by atoms with Gasteiger partial charge in [-0.05, 0) is 37.5 Å². The van der Waals surface area contributed by atoms with E-state index < -0.39 is 0 Å². The number of hydrogen-bond acceptors (Lipinski definition) is 0. The summed E-state index contributed by atoms with van der Waals surface area (Å²) in [6.07, 6.45) is 21.3. The zero-order valence-electron chi connectivity index (χ0n) is 11.5. The van der Waals surface area contributed by atoms with Crippen molar-refractivity contribution >= 4 is 0 Å². The molecule has 0 radical (unpaired) electrons. The maximum Gasteiger partial charge on any atom is -0.0280 e. The molecule has 0 aromatic heterocycles. The lowest BCUT2D eigenvalue weighted by molar-refractivity contribution is 0.252. The van der Waals surface area contributed by atoms with Gasteiger partial charge in [0.15, 0.2) is 0 Å². The third-order valence-electron chi connectivity index (χ3n) is 4.58. The molecule has 2 aliphatic rings. The van der Waals surface area contributed by atoms with Crippen molar-refractivity contribution in [3.63, 3.8) is 0 Å². The Labute approximate surface area is 107 Å². The van der Waals surface area contributed by atoms with Crippen LogP contribution in [0.15, 0.2) is 23.8 Å². The minimum absolute atomic E-state index is 1.03. The molecule has 0 N–H and O–H groups in total. The molecule has 0 aromatic rings. The minimum Gasteiger partial charge on any atom is -0.0840 e. The summed E-state index contributed by atoms with van der Waals surface area (Å²) in [6.45, 7) is 2.33. The van der Waals surface area contributed by atoms with Gasteiger partial charge in [-0.2, -0.15) is 0 Å². The molecule has 0 unspecified atom stereocenters. The second-order valence-electron chi connectivity index (χ2n) is 5.97. The van der Waals surface area contributed by atoms with Crippen molar-refractivity contribution in [3.8, 4) is 0 Å². The van der Waals surface area contributed by atoms with E-state index in [0.29, 0.717) is 0 Å². The van der Waals surface area contributed by atoms with Crippen molar-refractivity contribution in [1.82, 2.24) is 0 Å². The first-order chi connectivity index (χ1) is 8.38. The molecule has 0 heteroatoms. The third kappa shape index (κ3) is 4.33. The van der Waals surface area contributed by atoms with Gasteiger partial charge in [0.05, 0.1) is 0 Å². The van der Waals surface area contributed by atoms with Crippen LogP contribution in [0.1, 0.15) is 71.1 Å². The average molecular weight is 232 g/mol. The Morgan fingerprint density at radius 1 is 1.00 bits per heavy atom. The van der Waals surface area contributed by atoms with E-state index >= 15 is 0 Å². The van der Waals surface area contributed by atoms with Crippen molar-refractivity contribution in [3.05, 3.63) is 23.8 Å². The highest BCUT2D eigenvalue weighted by Gasteiger charge is 2.20. The summed E-state index contributed by atoms with van der Waals surface area (Å²) in [5.41, 5.74) is 1.60. The molecule has 17 heavy (non-hydrogen) atoms. The monoisotopic (exact) mass is 232 g/mol. The molecule has 0 aliphatic heterocycles. The Balaban J connectivity index is 1.64. The highest BCUT2D eigenvalue weighted by molar-refractivity contribution is 5.21. The quantitative estimate of drug-likeness (QED) is 0.574. The molecule has 0 bridgehead atoms. The van der Waals surface area contributed by atoms with Gasteiger partial charge in [-0.1, -0.05) is 69.2 Å². The first-order valence-corrected chi connectivity index (χ1v) is 7.74. The van der Waals surface area contributed by atoms with Gasteiger partial charge in [-0.25, -0.2) is 0 Å². The molecular weight excluding hydrogens is 204 g/mol. The molecule has 0 aromatic carbocycles. The molecule has 1 fully saturated rings. The van der Waals surface area contributed by atoms with Crippen LogP contribution in [0.5, 0.6) is 0 Å². The zero-order chi connectivity index (χ0) is 11.9. The van der Waals surface area contributed by atoms with Crippen LogP contribution in [0.4, 0.5) is 0 Å². The van der Waals surface area contributed by atoms with Crippen LogP contribution in [0.3, 0.4) is 0 Å². The van der Waals surface area contributed by atoms with E-state index in [1.165, 1.54) is 64.2 Å². The Bertz CT molecular complexity index is 264. The molecule has 2 rings (SSSR count). The molecule has 0 amide bonds. The van der Waals surface area contributed by atoms with E-state index in [4.69, 9.17) is 0 Å².